The van der Waals surface area contributed by atoms with Crippen LogP contribution in [0.4, 0.5) is 11.6 Å². The Bertz CT molecular complexity index is 362. The van der Waals surface area contributed by atoms with E-state index < -0.39 is 0 Å². The molecule has 0 aromatic carbocycles. The number of aromatic nitrogens is 2. The normalized spacial score (nSPS) is 11.7. The molecule has 0 saturated carbocycles. The standard InChI is InChI=1S/C13H25N5/c1-10(2)13(3,4)8-16-12-7-11(15-6-5-14)17-9-18-12/h7,9-10H,5-6,8,14H2,1-4H3,(H2,15,16,17,18). The molecule has 4 N–H and O–H groups in total. The van der Waals surface area contributed by atoms with E-state index in [1.54, 1.807) is 6.33 Å². The van der Waals surface area contributed by atoms with E-state index in [-0.39, 0.29) is 5.41 Å². The van der Waals surface area contributed by atoms with Crippen LogP contribution in [0.1, 0.15) is 27.7 Å². The van der Waals surface area contributed by atoms with Crippen LogP contribution in [0.15, 0.2) is 12.4 Å². The Labute approximate surface area is 110 Å². The molecule has 0 aliphatic heterocycles. The Morgan fingerprint density at radius 2 is 1.83 bits per heavy atom. The fourth-order valence-corrected chi connectivity index (χ4v) is 1.27. The molecule has 5 heteroatoms. The maximum absolute atomic E-state index is 5.44. The molecule has 1 heterocycles. The molecule has 0 atom stereocenters. The molecule has 18 heavy (non-hydrogen) atoms. The van der Waals surface area contributed by atoms with E-state index in [0.717, 1.165) is 18.2 Å². The summed E-state index contributed by atoms with van der Waals surface area (Å²) in [5, 5.41) is 6.50. The molecule has 0 amide bonds. The summed E-state index contributed by atoms with van der Waals surface area (Å²) in [7, 11) is 0. The lowest BCUT2D eigenvalue weighted by Crippen LogP contribution is -2.28. The topological polar surface area (TPSA) is 75.9 Å². The van der Waals surface area contributed by atoms with E-state index in [4.69, 9.17) is 5.73 Å². The van der Waals surface area contributed by atoms with Gasteiger partial charge in [-0.1, -0.05) is 27.7 Å². The average Bonchev–Trinajstić information content (AvgIpc) is 2.34. The minimum atomic E-state index is 0.232. The summed E-state index contributed by atoms with van der Waals surface area (Å²) in [5.74, 6) is 2.26. The van der Waals surface area contributed by atoms with Gasteiger partial charge in [-0.05, 0) is 11.3 Å². The molecule has 0 radical (unpaired) electrons. The van der Waals surface area contributed by atoms with E-state index in [1.807, 2.05) is 6.07 Å². The van der Waals surface area contributed by atoms with E-state index in [9.17, 15) is 0 Å². The third kappa shape index (κ3) is 4.49. The molecule has 0 unspecified atom stereocenters. The number of nitrogens with zero attached hydrogens (tertiary/aromatic N) is 2. The summed E-state index contributed by atoms with van der Waals surface area (Å²) in [5.41, 5.74) is 5.67. The number of hydrogen-bond donors (Lipinski definition) is 3. The van der Waals surface area contributed by atoms with E-state index in [0.29, 0.717) is 19.0 Å². The number of hydrogen-bond acceptors (Lipinski definition) is 5. The van der Waals surface area contributed by atoms with Gasteiger partial charge >= 0.3 is 0 Å². The van der Waals surface area contributed by atoms with Gasteiger partial charge in [0.15, 0.2) is 0 Å². The molecule has 1 aromatic heterocycles. The van der Waals surface area contributed by atoms with Gasteiger partial charge in [0.2, 0.25) is 0 Å². The van der Waals surface area contributed by atoms with Crippen LogP contribution in [0, 0.1) is 11.3 Å². The van der Waals surface area contributed by atoms with Crippen molar-refractivity contribution >= 4 is 11.6 Å². The van der Waals surface area contributed by atoms with Crippen LogP contribution in [0.5, 0.6) is 0 Å². The van der Waals surface area contributed by atoms with Crippen molar-refractivity contribution < 1.29 is 0 Å². The summed E-state index contributed by atoms with van der Waals surface area (Å²) in [6, 6.07) is 1.91. The van der Waals surface area contributed by atoms with Crippen LogP contribution in [-0.2, 0) is 0 Å². The molecule has 0 saturated heterocycles. The van der Waals surface area contributed by atoms with E-state index >= 15 is 0 Å². The second kappa shape index (κ2) is 6.54. The number of nitrogens with one attached hydrogen (secondary N) is 2. The molecule has 1 rings (SSSR count). The Morgan fingerprint density at radius 1 is 1.22 bits per heavy atom. The predicted octanol–water partition coefficient (Wildman–Crippen LogP) is 1.94. The lowest BCUT2D eigenvalue weighted by Gasteiger charge is -2.29. The van der Waals surface area contributed by atoms with Gasteiger partial charge in [-0.3, -0.25) is 0 Å². The van der Waals surface area contributed by atoms with Gasteiger partial charge in [0.05, 0.1) is 0 Å². The third-order valence-corrected chi connectivity index (χ3v) is 3.41. The molecule has 0 bridgehead atoms. The van der Waals surface area contributed by atoms with Gasteiger partial charge in [-0.2, -0.15) is 0 Å². The van der Waals surface area contributed by atoms with E-state index in [1.165, 1.54) is 0 Å². The number of anilines is 2. The second-order valence-corrected chi connectivity index (χ2v) is 5.50. The van der Waals surface area contributed by atoms with E-state index in [2.05, 4.69) is 48.3 Å². The zero-order chi connectivity index (χ0) is 13.6. The fraction of sp³-hybridized carbons (Fsp3) is 0.692. The van der Waals surface area contributed by atoms with Gasteiger partial charge in [-0.25, -0.2) is 9.97 Å². The smallest absolute Gasteiger partial charge is 0.131 e. The Morgan fingerprint density at radius 3 is 2.39 bits per heavy atom. The lowest BCUT2D eigenvalue weighted by molar-refractivity contribution is 0.269. The van der Waals surface area contributed by atoms with Crippen LogP contribution in [0.3, 0.4) is 0 Å². The highest BCUT2D eigenvalue weighted by Crippen LogP contribution is 2.26. The summed E-state index contributed by atoms with van der Waals surface area (Å²) < 4.78 is 0. The molecule has 0 spiro atoms. The van der Waals surface area contributed by atoms with Crippen LogP contribution in [0.25, 0.3) is 0 Å². The zero-order valence-corrected chi connectivity index (χ0v) is 11.8. The minimum absolute atomic E-state index is 0.232. The Hall–Kier alpha value is -1.36. The fourth-order valence-electron chi connectivity index (χ4n) is 1.27. The van der Waals surface area contributed by atoms with Crippen molar-refractivity contribution in [1.82, 2.24) is 9.97 Å². The van der Waals surface area contributed by atoms with Crippen molar-refractivity contribution in [3.8, 4) is 0 Å². The van der Waals surface area contributed by atoms with Gasteiger partial charge in [0.25, 0.3) is 0 Å². The van der Waals surface area contributed by atoms with Gasteiger partial charge in [0.1, 0.15) is 18.0 Å². The summed E-state index contributed by atoms with van der Waals surface area (Å²) in [4.78, 5) is 8.36. The maximum atomic E-state index is 5.44. The second-order valence-electron chi connectivity index (χ2n) is 5.50. The van der Waals surface area contributed by atoms with Crippen LogP contribution in [-0.4, -0.2) is 29.6 Å². The van der Waals surface area contributed by atoms with Crippen molar-refractivity contribution in [2.45, 2.75) is 27.7 Å². The predicted molar refractivity (Wildman–Crippen MR) is 76.7 cm³/mol. The SMILES string of the molecule is CC(C)C(C)(C)CNc1cc(NCCN)ncn1. The highest BCUT2D eigenvalue weighted by molar-refractivity contribution is 5.46. The van der Waals surface area contributed by atoms with Crippen molar-refractivity contribution in [1.29, 1.82) is 0 Å². The highest BCUT2D eigenvalue weighted by Gasteiger charge is 2.21. The maximum Gasteiger partial charge on any atom is 0.131 e. The number of nitrogens with two attached hydrogens (primary N) is 1. The van der Waals surface area contributed by atoms with Crippen LogP contribution < -0.4 is 16.4 Å². The summed E-state index contributed by atoms with van der Waals surface area (Å²) >= 11 is 0. The van der Waals surface area contributed by atoms with Crippen molar-refractivity contribution in [2.24, 2.45) is 17.1 Å². The largest absolute Gasteiger partial charge is 0.369 e. The molecular weight excluding hydrogens is 226 g/mol. The molecule has 0 aliphatic carbocycles. The van der Waals surface area contributed by atoms with Gasteiger partial charge in [-0.15, -0.1) is 0 Å². The average molecular weight is 251 g/mol. The summed E-state index contributed by atoms with van der Waals surface area (Å²) in [6.45, 7) is 11.2. The lowest BCUT2D eigenvalue weighted by atomic mass is 9.81. The zero-order valence-electron chi connectivity index (χ0n) is 11.8. The molecular formula is C13H25N5. The summed E-state index contributed by atoms with van der Waals surface area (Å²) in [6.07, 6.45) is 1.56. The first-order valence-electron chi connectivity index (χ1n) is 6.45. The first kappa shape index (κ1) is 14.7. The van der Waals surface area contributed by atoms with Crippen molar-refractivity contribution in [2.75, 3.05) is 30.3 Å². The Balaban J connectivity index is 2.57. The van der Waals surface area contributed by atoms with Gasteiger partial charge < -0.3 is 16.4 Å². The minimum Gasteiger partial charge on any atom is -0.369 e. The Kier molecular flexibility index (Phi) is 5.34. The molecule has 0 aliphatic rings. The molecule has 5 nitrogen and oxygen atoms in total. The molecule has 0 fully saturated rings. The first-order chi connectivity index (χ1) is 8.45. The van der Waals surface area contributed by atoms with Crippen LogP contribution in [0.2, 0.25) is 0 Å². The third-order valence-electron chi connectivity index (χ3n) is 3.41. The van der Waals surface area contributed by atoms with Crippen molar-refractivity contribution in [3.05, 3.63) is 12.4 Å². The first-order valence-corrected chi connectivity index (χ1v) is 6.45. The molecule has 1 aromatic rings. The molecule has 102 valence electrons. The highest BCUT2D eigenvalue weighted by atomic mass is 15.1. The van der Waals surface area contributed by atoms with Crippen LogP contribution >= 0.6 is 0 Å². The monoisotopic (exact) mass is 251 g/mol. The quantitative estimate of drug-likeness (QED) is 0.690. The number of rotatable bonds is 7. The van der Waals surface area contributed by atoms with Crippen molar-refractivity contribution in [3.63, 3.8) is 0 Å². The van der Waals surface area contributed by atoms with Gasteiger partial charge in [0, 0.05) is 25.7 Å².